The maximum absolute atomic E-state index is 14.2. The quantitative estimate of drug-likeness (QED) is 0.856. The van der Waals surface area contributed by atoms with Crippen LogP contribution in [0.4, 0.5) is 4.39 Å². The van der Waals surface area contributed by atoms with Crippen molar-refractivity contribution < 1.29 is 9.18 Å². The Morgan fingerprint density at radius 2 is 2.00 bits per heavy atom. The number of carbonyl (C=O) groups is 1. The van der Waals surface area contributed by atoms with Crippen molar-refractivity contribution in [3.8, 4) is 0 Å². The van der Waals surface area contributed by atoms with E-state index < -0.39 is 6.04 Å². The number of benzene rings is 1. The van der Waals surface area contributed by atoms with Crippen LogP contribution < -0.4 is 0 Å². The summed E-state index contributed by atoms with van der Waals surface area (Å²) >= 11 is 4.61. The smallest absolute Gasteiger partial charge is 0.157 e. The molecule has 2 unspecified atom stereocenters. The first-order valence-corrected chi connectivity index (χ1v) is 7.92. The Balaban J connectivity index is 1.95. The number of ketones is 1. The van der Waals surface area contributed by atoms with Gasteiger partial charge >= 0.3 is 0 Å². The van der Waals surface area contributed by atoms with Crippen molar-refractivity contribution in [3.63, 3.8) is 0 Å². The lowest BCUT2D eigenvalue weighted by molar-refractivity contribution is -0.126. The summed E-state index contributed by atoms with van der Waals surface area (Å²) in [5, 5.41) is 0.0519. The molecule has 0 radical (unpaired) electrons. The van der Waals surface area contributed by atoms with E-state index in [2.05, 4.69) is 17.5 Å². The number of hydrogen-bond acceptors (Lipinski definition) is 3. The Morgan fingerprint density at radius 1 is 1.25 bits per heavy atom. The van der Waals surface area contributed by atoms with Crippen LogP contribution in [-0.4, -0.2) is 22.6 Å². The molecule has 0 spiro atoms. The average molecular weight is 293 g/mol. The van der Waals surface area contributed by atoms with Gasteiger partial charge in [0.25, 0.3) is 0 Å². The highest BCUT2D eigenvalue weighted by Gasteiger charge is 2.41. The zero-order chi connectivity index (χ0) is 14.1. The van der Waals surface area contributed by atoms with E-state index in [9.17, 15) is 9.18 Å². The maximum Gasteiger partial charge on any atom is 0.157 e. The second-order valence-corrected chi connectivity index (χ2v) is 6.41. The van der Waals surface area contributed by atoms with Gasteiger partial charge in [-0.1, -0.05) is 18.2 Å². The molecule has 3 rings (SSSR count). The number of carbonyl (C=O) groups excluding carboxylic acids is 1. The Kier molecular flexibility index (Phi) is 4.13. The van der Waals surface area contributed by atoms with E-state index in [1.807, 2.05) is 6.07 Å². The van der Waals surface area contributed by atoms with Crippen molar-refractivity contribution in [3.05, 3.63) is 35.6 Å². The number of nitrogens with zero attached hydrogens (tertiary/aromatic N) is 1. The molecular weight excluding hydrogens is 273 g/mol. The van der Waals surface area contributed by atoms with E-state index in [-0.39, 0.29) is 22.9 Å². The number of piperidine rings is 1. The molecule has 2 atom stereocenters. The molecule has 108 valence electrons. The molecule has 1 aromatic carbocycles. The number of halogens is 1. The predicted molar refractivity (Wildman–Crippen MR) is 80.2 cm³/mol. The molecule has 0 bridgehead atoms. The van der Waals surface area contributed by atoms with E-state index in [0.29, 0.717) is 5.56 Å². The minimum atomic E-state index is -0.452. The lowest BCUT2D eigenvalue weighted by atomic mass is 9.95. The summed E-state index contributed by atoms with van der Waals surface area (Å²) in [6, 6.07) is 6.22. The molecule has 2 aliphatic rings. The molecule has 0 amide bonds. The molecular formula is C16H20FNOS. The fraction of sp³-hybridized carbons (Fsp3) is 0.562. The fourth-order valence-corrected chi connectivity index (χ4v) is 3.45. The molecule has 0 N–H and O–H groups in total. The second kappa shape index (κ2) is 5.86. The van der Waals surface area contributed by atoms with Gasteiger partial charge in [0.2, 0.25) is 0 Å². The van der Waals surface area contributed by atoms with Crippen molar-refractivity contribution in [2.24, 2.45) is 5.92 Å². The van der Waals surface area contributed by atoms with Gasteiger partial charge < -0.3 is 0 Å². The van der Waals surface area contributed by atoms with Gasteiger partial charge in [0.15, 0.2) is 5.78 Å². The first kappa shape index (κ1) is 14.1. The summed E-state index contributed by atoms with van der Waals surface area (Å²) in [7, 11) is 0. The van der Waals surface area contributed by atoms with Gasteiger partial charge in [-0.2, -0.15) is 12.6 Å². The Bertz CT molecular complexity index is 503. The molecule has 20 heavy (non-hydrogen) atoms. The molecule has 1 aliphatic carbocycles. The highest BCUT2D eigenvalue weighted by atomic mass is 32.1. The minimum absolute atomic E-state index is 0.0519. The third-order valence-electron chi connectivity index (χ3n) is 4.29. The van der Waals surface area contributed by atoms with Crippen LogP contribution in [0, 0.1) is 11.7 Å². The van der Waals surface area contributed by atoms with Gasteiger partial charge in [-0.15, -0.1) is 0 Å². The first-order valence-electron chi connectivity index (χ1n) is 7.40. The summed E-state index contributed by atoms with van der Waals surface area (Å²) in [4.78, 5) is 14.7. The monoisotopic (exact) mass is 293 g/mol. The number of hydrogen-bond donors (Lipinski definition) is 1. The summed E-state index contributed by atoms with van der Waals surface area (Å²) in [5.41, 5.74) is 0.519. The molecule has 1 aromatic rings. The van der Waals surface area contributed by atoms with E-state index >= 15 is 0 Å². The van der Waals surface area contributed by atoms with Gasteiger partial charge in [-0.3, -0.25) is 9.69 Å². The Labute approximate surface area is 124 Å². The summed E-state index contributed by atoms with van der Waals surface area (Å²) in [6.45, 7) is 0.825. The third-order valence-corrected chi connectivity index (χ3v) is 4.85. The number of Topliss-reactive ketones (excluding diaryl/α,β-unsaturated/α-hetero) is 1. The SMILES string of the molecule is O=C(C1CC1)C(c1ccccc1F)N1CCCCC1S. The van der Waals surface area contributed by atoms with Gasteiger partial charge in [-0.05, 0) is 38.2 Å². The van der Waals surface area contributed by atoms with Crippen molar-refractivity contribution in [2.75, 3.05) is 6.54 Å². The number of likely N-dealkylation sites (tertiary alicyclic amines) is 1. The average Bonchev–Trinajstić information content (AvgIpc) is 3.27. The van der Waals surface area contributed by atoms with Gasteiger partial charge in [0.05, 0.1) is 11.4 Å². The highest BCUT2D eigenvalue weighted by molar-refractivity contribution is 7.80. The summed E-state index contributed by atoms with van der Waals surface area (Å²) in [5.74, 6) is 0.0238. The molecule has 1 saturated heterocycles. The van der Waals surface area contributed by atoms with Crippen LogP contribution in [0.1, 0.15) is 43.7 Å². The molecule has 0 aromatic heterocycles. The standard InChI is InChI=1S/C16H20FNOS/c17-13-6-2-1-5-12(13)15(16(19)11-8-9-11)18-10-4-3-7-14(18)20/h1-2,5-6,11,14-15,20H,3-4,7-10H2. The van der Waals surface area contributed by atoms with Gasteiger partial charge in [0.1, 0.15) is 5.82 Å². The van der Waals surface area contributed by atoms with Crippen molar-refractivity contribution in [1.29, 1.82) is 0 Å². The molecule has 1 saturated carbocycles. The van der Waals surface area contributed by atoms with Crippen LogP contribution >= 0.6 is 12.6 Å². The molecule has 2 fully saturated rings. The predicted octanol–water partition coefficient (Wildman–Crippen LogP) is 3.59. The zero-order valence-corrected chi connectivity index (χ0v) is 12.4. The van der Waals surface area contributed by atoms with E-state index in [4.69, 9.17) is 0 Å². The molecule has 2 nitrogen and oxygen atoms in total. The van der Waals surface area contributed by atoms with Crippen molar-refractivity contribution >= 4 is 18.4 Å². The largest absolute Gasteiger partial charge is 0.297 e. The van der Waals surface area contributed by atoms with Crippen LogP contribution in [0.25, 0.3) is 0 Å². The van der Waals surface area contributed by atoms with Crippen LogP contribution in [0.15, 0.2) is 24.3 Å². The van der Waals surface area contributed by atoms with Crippen molar-refractivity contribution in [1.82, 2.24) is 4.90 Å². The first-order chi connectivity index (χ1) is 9.68. The van der Waals surface area contributed by atoms with Gasteiger partial charge in [0, 0.05) is 18.0 Å². The van der Waals surface area contributed by atoms with E-state index in [1.54, 1.807) is 12.1 Å². The topological polar surface area (TPSA) is 20.3 Å². The lowest BCUT2D eigenvalue weighted by Gasteiger charge is -2.38. The number of thiol groups is 1. The van der Waals surface area contributed by atoms with E-state index in [1.165, 1.54) is 6.07 Å². The summed E-state index contributed by atoms with van der Waals surface area (Å²) in [6.07, 6.45) is 5.06. The van der Waals surface area contributed by atoms with Crippen molar-refractivity contribution in [2.45, 2.75) is 43.5 Å². The van der Waals surface area contributed by atoms with Crippen LogP contribution in [0.3, 0.4) is 0 Å². The maximum atomic E-state index is 14.2. The minimum Gasteiger partial charge on any atom is -0.297 e. The lowest BCUT2D eigenvalue weighted by Crippen LogP contribution is -2.43. The number of rotatable bonds is 4. The van der Waals surface area contributed by atoms with E-state index in [0.717, 1.165) is 38.6 Å². The molecule has 4 heteroatoms. The second-order valence-electron chi connectivity index (χ2n) is 5.81. The molecule has 1 aliphatic heterocycles. The Hall–Kier alpha value is -0.870. The normalized spacial score (nSPS) is 25.4. The Morgan fingerprint density at radius 3 is 2.65 bits per heavy atom. The summed E-state index contributed by atoms with van der Waals surface area (Å²) < 4.78 is 14.2. The van der Waals surface area contributed by atoms with Gasteiger partial charge in [-0.25, -0.2) is 4.39 Å². The van der Waals surface area contributed by atoms with Crippen LogP contribution in [0.2, 0.25) is 0 Å². The zero-order valence-electron chi connectivity index (χ0n) is 11.5. The molecule has 1 heterocycles. The third kappa shape index (κ3) is 2.77. The van der Waals surface area contributed by atoms with Crippen LogP contribution in [0.5, 0.6) is 0 Å². The highest BCUT2D eigenvalue weighted by Crippen LogP contribution is 2.40. The fourth-order valence-electron chi connectivity index (χ4n) is 3.02. The van der Waals surface area contributed by atoms with Crippen LogP contribution in [-0.2, 0) is 4.79 Å².